The van der Waals surface area contributed by atoms with Gasteiger partial charge in [-0.2, -0.15) is 17.4 Å². The molecule has 9 heteroatoms. The molecule has 0 radical (unpaired) electrons. The van der Waals surface area contributed by atoms with Crippen LogP contribution in [0.15, 0.2) is 0 Å². The van der Waals surface area contributed by atoms with Crippen molar-refractivity contribution in [2.45, 2.75) is 6.10 Å². The van der Waals surface area contributed by atoms with Gasteiger partial charge in [0.15, 0.2) is 6.10 Å². The Bertz CT molecular complexity index is 337. The molecule has 3 N–H and O–H groups in total. The molecule has 1 fully saturated rings. The first-order valence-corrected chi connectivity index (χ1v) is 6.11. The van der Waals surface area contributed by atoms with Crippen molar-refractivity contribution in [3.63, 3.8) is 0 Å². The fourth-order valence-corrected chi connectivity index (χ4v) is 2.33. The van der Waals surface area contributed by atoms with Crippen molar-refractivity contribution in [1.29, 1.82) is 0 Å². The Hall–Kier alpha value is -0.740. The molecule has 0 aromatic rings. The highest BCUT2D eigenvalue weighted by molar-refractivity contribution is 7.87. The molecule has 0 amide bonds. The van der Waals surface area contributed by atoms with Gasteiger partial charge in [0.1, 0.15) is 0 Å². The quantitative estimate of drug-likeness (QED) is 0.503. The van der Waals surface area contributed by atoms with Gasteiger partial charge in [0.05, 0.1) is 13.2 Å². The van der Waals surface area contributed by atoms with Gasteiger partial charge in [-0.1, -0.05) is 0 Å². The zero-order valence-corrected chi connectivity index (χ0v) is 9.31. The van der Waals surface area contributed by atoms with Crippen molar-refractivity contribution >= 4 is 16.2 Å². The van der Waals surface area contributed by atoms with E-state index in [1.165, 1.54) is 0 Å². The average Bonchev–Trinajstić information content (AvgIpc) is 2.27. The summed E-state index contributed by atoms with van der Waals surface area (Å²) in [5.74, 6) is -1.47. The Kier molecular flexibility index (Phi) is 4.62. The zero-order valence-electron chi connectivity index (χ0n) is 8.50. The van der Waals surface area contributed by atoms with E-state index >= 15 is 0 Å². The Balaban J connectivity index is 2.47. The molecular formula is C7H14N2O6S. The summed E-state index contributed by atoms with van der Waals surface area (Å²) in [5, 5.41) is 17.3. The van der Waals surface area contributed by atoms with Crippen LogP contribution in [0.5, 0.6) is 0 Å². The highest BCUT2D eigenvalue weighted by atomic mass is 32.2. The van der Waals surface area contributed by atoms with Gasteiger partial charge in [-0.15, -0.1) is 0 Å². The fraction of sp³-hybridized carbons (Fsp3) is 0.857. The van der Waals surface area contributed by atoms with Gasteiger partial charge in [0.2, 0.25) is 0 Å². The Morgan fingerprint density at radius 1 is 1.44 bits per heavy atom. The molecule has 94 valence electrons. The van der Waals surface area contributed by atoms with E-state index in [9.17, 15) is 13.2 Å². The summed E-state index contributed by atoms with van der Waals surface area (Å²) in [6.07, 6.45) is -1.74. The van der Waals surface area contributed by atoms with Gasteiger partial charge < -0.3 is 14.9 Å². The number of ether oxygens (including phenoxy) is 1. The molecule has 0 saturated carbocycles. The Morgan fingerprint density at radius 2 is 2.00 bits per heavy atom. The minimum atomic E-state index is -3.73. The van der Waals surface area contributed by atoms with Gasteiger partial charge in [-0.25, -0.2) is 4.79 Å². The van der Waals surface area contributed by atoms with Gasteiger partial charge in [0, 0.05) is 19.6 Å². The molecule has 1 atom stereocenters. The van der Waals surface area contributed by atoms with E-state index in [2.05, 4.69) is 0 Å². The number of aliphatic hydroxyl groups is 1. The first-order valence-electron chi connectivity index (χ1n) is 4.67. The number of rotatable bonds is 5. The molecule has 0 bridgehead atoms. The second kappa shape index (κ2) is 5.55. The van der Waals surface area contributed by atoms with Crippen molar-refractivity contribution in [3.8, 4) is 0 Å². The number of nitrogens with zero attached hydrogens (tertiary/aromatic N) is 1. The van der Waals surface area contributed by atoms with E-state index in [4.69, 9.17) is 14.9 Å². The van der Waals surface area contributed by atoms with E-state index < -0.39 is 28.8 Å². The van der Waals surface area contributed by atoms with E-state index in [-0.39, 0.29) is 13.1 Å². The summed E-state index contributed by atoms with van der Waals surface area (Å²) >= 11 is 0. The van der Waals surface area contributed by atoms with E-state index in [0.29, 0.717) is 13.2 Å². The third-order valence-corrected chi connectivity index (χ3v) is 3.63. The number of aliphatic carboxylic acids is 1. The number of carboxylic acids is 1. The SMILES string of the molecule is O=C(O)C(O)CNS(=O)(=O)N1CCOCC1. The second-order valence-electron chi connectivity index (χ2n) is 3.22. The summed E-state index contributed by atoms with van der Waals surface area (Å²) in [4.78, 5) is 10.3. The van der Waals surface area contributed by atoms with Crippen LogP contribution in [-0.4, -0.2) is 67.9 Å². The smallest absolute Gasteiger partial charge is 0.333 e. The maximum atomic E-state index is 11.6. The second-order valence-corrected chi connectivity index (χ2v) is 4.97. The van der Waals surface area contributed by atoms with Gasteiger partial charge >= 0.3 is 5.97 Å². The largest absolute Gasteiger partial charge is 0.479 e. The molecule has 0 aromatic heterocycles. The maximum absolute atomic E-state index is 11.6. The molecule has 16 heavy (non-hydrogen) atoms. The predicted molar refractivity (Wildman–Crippen MR) is 53.0 cm³/mol. The number of nitrogens with one attached hydrogen (secondary N) is 1. The molecule has 0 aliphatic carbocycles. The van der Waals surface area contributed by atoms with Crippen molar-refractivity contribution in [2.24, 2.45) is 0 Å². The highest BCUT2D eigenvalue weighted by Crippen LogP contribution is 2.02. The monoisotopic (exact) mass is 254 g/mol. The highest BCUT2D eigenvalue weighted by Gasteiger charge is 2.25. The average molecular weight is 254 g/mol. The first kappa shape index (κ1) is 13.3. The lowest BCUT2D eigenvalue weighted by Crippen LogP contribution is -2.49. The van der Waals surface area contributed by atoms with Crippen LogP contribution in [-0.2, 0) is 19.7 Å². The van der Waals surface area contributed by atoms with Crippen LogP contribution in [0.1, 0.15) is 0 Å². The first-order chi connectivity index (χ1) is 7.43. The lowest BCUT2D eigenvalue weighted by Gasteiger charge is -2.26. The van der Waals surface area contributed by atoms with Crippen molar-refractivity contribution in [1.82, 2.24) is 9.03 Å². The fourth-order valence-electron chi connectivity index (χ4n) is 1.15. The van der Waals surface area contributed by atoms with Crippen LogP contribution in [0.2, 0.25) is 0 Å². The summed E-state index contributed by atoms with van der Waals surface area (Å²) in [7, 11) is -3.73. The standard InChI is InChI=1S/C7H14N2O6S/c10-6(7(11)12)5-8-16(13,14)9-1-3-15-4-2-9/h6,8,10H,1-5H2,(H,11,12). The molecular weight excluding hydrogens is 240 g/mol. The summed E-state index contributed by atoms with van der Waals surface area (Å²) < 4.78 is 31.3. The third-order valence-electron chi connectivity index (χ3n) is 2.05. The van der Waals surface area contributed by atoms with Crippen LogP contribution in [0, 0.1) is 0 Å². The lowest BCUT2D eigenvalue weighted by molar-refractivity contribution is -0.146. The van der Waals surface area contributed by atoms with Crippen LogP contribution >= 0.6 is 0 Å². The van der Waals surface area contributed by atoms with Crippen LogP contribution in [0.4, 0.5) is 0 Å². The molecule has 1 saturated heterocycles. The van der Waals surface area contributed by atoms with E-state index in [0.717, 1.165) is 4.31 Å². The molecule has 1 aliphatic rings. The molecule has 1 unspecified atom stereocenters. The zero-order chi connectivity index (χ0) is 12.2. The normalized spacial score (nSPS) is 20.6. The summed E-state index contributed by atoms with van der Waals surface area (Å²) in [6, 6.07) is 0. The third kappa shape index (κ3) is 3.68. The van der Waals surface area contributed by atoms with Gasteiger partial charge in [0.25, 0.3) is 10.2 Å². The molecule has 0 aromatic carbocycles. The molecule has 1 rings (SSSR count). The molecule has 1 heterocycles. The Morgan fingerprint density at radius 3 is 2.50 bits per heavy atom. The Labute approximate surface area is 93.0 Å². The number of morpholine rings is 1. The number of hydrogen-bond acceptors (Lipinski definition) is 5. The van der Waals surface area contributed by atoms with E-state index in [1.807, 2.05) is 4.72 Å². The summed E-state index contributed by atoms with van der Waals surface area (Å²) in [6.45, 7) is 0.511. The lowest BCUT2D eigenvalue weighted by atomic mass is 10.4. The maximum Gasteiger partial charge on any atom is 0.333 e. The van der Waals surface area contributed by atoms with Crippen molar-refractivity contribution in [3.05, 3.63) is 0 Å². The van der Waals surface area contributed by atoms with Crippen LogP contribution in [0.25, 0.3) is 0 Å². The predicted octanol–water partition coefficient (Wildman–Crippen LogP) is -2.40. The summed E-state index contributed by atoms with van der Waals surface area (Å²) in [5.41, 5.74) is 0. The van der Waals surface area contributed by atoms with E-state index in [1.54, 1.807) is 0 Å². The van der Waals surface area contributed by atoms with Gasteiger partial charge in [-0.05, 0) is 0 Å². The number of hydrogen-bond donors (Lipinski definition) is 3. The number of carboxylic acid groups (broad SMARTS) is 1. The minimum Gasteiger partial charge on any atom is -0.479 e. The molecule has 8 nitrogen and oxygen atoms in total. The number of carbonyl (C=O) groups is 1. The minimum absolute atomic E-state index is 0.221. The molecule has 0 spiro atoms. The van der Waals surface area contributed by atoms with Crippen molar-refractivity contribution < 1.29 is 28.2 Å². The number of aliphatic hydroxyl groups excluding tert-OH is 1. The van der Waals surface area contributed by atoms with Gasteiger partial charge in [-0.3, -0.25) is 0 Å². The topological polar surface area (TPSA) is 116 Å². The van der Waals surface area contributed by atoms with Crippen molar-refractivity contribution in [2.75, 3.05) is 32.8 Å². The van der Waals surface area contributed by atoms with Crippen LogP contribution < -0.4 is 4.72 Å². The van der Waals surface area contributed by atoms with Crippen LogP contribution in [0.3, 0.4) is 0 Å². The molecule has 1 aliphatic heterocycles.